The van der Waals surface area contributed by atoms with Crippen LogP contribution < -0.4 is 10.6 Å². The molecule has 0 aliphatic rings. The third kappa shape index (κ3) is 10.6. The zero-order valence-electron chi connectivity index (χ0n) is 15.5. The van der Waals surface area contributed by atoms with E-state index in [1.807, 2.05) is 0 Å². The van der Waals surface area contributed by atoms with Crippen molar-refractivity contribution < 1.29 is 5.11 Å². The first-order chi connectivity index (χ1) is 9.82. The number of hydrogen-bond acceptors (Lipinski definition) is 2. The van der Waals surface area contributed by atoms with E-state index in [1.165, 1.54) is 0 Å². The predicted octanol–water partition coefficient (Wildman–Crippen LogP) is 3.78. The first kappa shape index (κ1) is 24.2. The van der Waals surface area contributed by atoms with Gasteiger partial charge in [0.1, 0.15) is 0 Å². The molecule has 0 aliphatic heterocycles. The predicted molar refractivity (Wildman–Crippen MR) is 108 cm³/mol. The van der Waals surface area contributed by atoms with E-state index in [9.17, 15) is 5.11 Å². The molecule has 0 atom stereocenters. The Morgan fingerprint density at radius 2 is 1.59 bits per heavy atom. The number of nitrogens with zero attached hydrogens (tertiary/aromatic N) is 1. The van der Waals surface area contributed by atoms with Gasteiger partial charge in [0.05, 0.1) is 0 Å². The van der Waals surface area contributed by atoms with Crippen LogP contribution in [0.3, 0.4) is 0 Å². The maximum absolute atomic E-state index is 9.28. The van der Waals surface area contributed by atoms with Gasteiger partial charge >= 0.3 is 0 Å². The van der Waals surface area contributed by atoms with E-state index in [2.05, 4.69) is 52.2 Å². The molecule has 0 fully saturated rings. The number of halogens is 1. The Kier molecular flexibility index (Phi) is 13.6. The minimum atomic E-state index is 0. The van der Waals surface area contributed by atoms with Gasteiger partial charge in [0.15, 0.2) is 5.96 Å². The Labute approximate surface area is 155 Å². The largest absolute Gasteiger partial charge is 0.396 e. The van der Waals surface area contributed by atoms with E-state index in [0.29, 0.717) is 5.41 Å². The summed E-state index contributed by atoms with van der Waals surface area (Å²) in [4.78, 5) is 4.75. The Balaban J connectivity index is 0. The second kappa shape index (κ2) is 12.4. The van der Waals surface area contributed by atoms with Gasteiger partial charge in [-0.1, -0.05) is 34.6 Å². The van der Waals surface area contributed by atoms with Crippen LogP contribution in [-0.2, 0) is 0 Å². The first-order valence-electron chi connectivity index (χ1n) is 8.45. The molecule has 0 aromatic carbocycles. The van der Waals surface area contributed by atoms with Crippen molar-refractivity contribution in [1.82, 2.24) is 10.6 Å². The lowest BCUT2D eigenvalue weighted by atomic mass is 9.79. The summed E-state index contributed by atoms with van der Waals surface area (Å²) >= 11 is 0. The number of hydrogen-bond donors (Lipinski definition) is 3. The SMILES string of the molecule is CCNC(=NCC(CC)(CC)CCO)NCCC(C)(C)C.I. The van der Waals surface area contributed by atoms with Crippen molar-refractivity contribution in [3.8, 4) is 0 Å². The molecule has 0 aromatic rings. The summed E-state index contributed by atoms with van der Waals surface area (Å²) < 4.78 is 0. The number of aliphatic imine (C=N–C) groups is 1. The normalized spacial score (nSPS) is 12.8. The van der Waals surface area contributed by atoms with Gasteiger partial charge in [-0.15, -0.1) is 24.0 Å². The lowest BCUT2D eigenvalue weighted by Crippen LogP contribution is -2.39. The lowest BCUT2D eigenvalue weighted by Gasteiger charge is -2.29. The van der Waals surface area contributed by atoms with Crippen LogP contribution in [0.1, 0.15) is 67.2 Å². The first-order valence-corrected chi connectivity index (χ1v) is 8.45. The summed E-state index contributed by atoms with van der Waals surface area (Å²) in [6, 6.07) is 0. The van der Waals surface area contributed by atoms with Crippen LogP contribution in [0.2, 0.25) is 0 Å². The highest BCUT2D eigenvalue weighted by Gasteiger charge is 2.25. The molecule has 0 bridgehead atoms. The molecule has 4 nitrogen and oxygen atoms in total. The molecule has 0 rings (SSSR count). The Bertz CT molecular complexity index is 297. The highest BCUT2D eigenvalue weighted by Crippen LogP contribution is 2.30. The van der Waals surface area contributed by atoms with Crippen LogP contribution in [0, 0.1) is 10.8 Å². The molecule has 0 radical (unpaired) electrons. The molecular formula is C17H38IN3O. The smallest absolute Gasteiger partial charge is 0.191 e. The van der Waals surface area contributed by atoms with Crippen LogP contribution in [-0.4, -0.2) is 37.3 Å². The summed E-state index contributed by atoms with van der Waals surface area (Å²) in [6.45, 7) is 16.0. The van der Waals surface area contributed by atoms with Crippen molar-refractivity contribution in [3.63, 3.8) is 0 Å². The molecule has 0 amide bonds. The maximum atomic E-state index is 9.28. The zero-order valence-corrected chi connectivity index (χ0v) is 17.8. The van der Waals surface area contributed by atoms with Crippen LogP contribution in [0.4, 0.5) is 0 Å². The van der Waals surface area contributed by atoms with Gasteiger partial charge in [0, 0.05) is 26.2 Å². The van der Waals surface area contributed by atoms with Gasteiger partial charge in [-0.3, -0.25) is 4.99 Å². The summed E-state index contributed by atoms with van der Waals surface area (Å²) in [6.07, 6.45) is 4.04. The van der Waals surface area contributed by atoms with Crippen LogP contribution >= 0.6 is 24.0 Å². The highest BCUT2D eigenvalue weighted by atomic mass is 127. The Hall–Kier alpha value is -0.0400. The molecule has 0 saturated carbocycles. The second-order valence-corrected chi connectivity index (χ2v) is 7.11. The second-order valence-electron chi connectivity index (χ2n) is 7.11. The topological polar surface area (TPSA) is 56.7 Å². The van der Waals surface area contributed by atoms with Gasteiger partial charge in [0.2, 0.25) is 0 Å². The molecule has 0 spiro atoms. The quantitative estimate of drug-likeness (QED) is 0.298. The van der Waals surface area contributed by atoms with Crippen molar-refractivity contribution in [2.24, 2.45) is 15.8 Å². The summed E-state index contributed by atoms with van der Waals surface area (Å²) in [5.74, 6) is 0.894. The molecule has 0 unspecified atom stereocenters. The number of nitrogens with one attached hydrogen (secondary N) is 2. The number of aliphatic hydroxyl groups excluding tert-OH is 1. The minimum absolute atomic E-state index is 0. The van der Waals surface area contributed by atoms with Gasteiger partial charge in [-0.05, 0) is 43.4 Å². The third-order valence-corrected chi connectivity index (χ3v) is 4.23. The molecular weight excluding hydrogens is 389 g/mol. The fourth-order valence-electron chi connectivity index (χ4n) is 2.29. The summed E-state index contributed by atoms with van der Waals surface area (Å²) in [7, 11) is 0. The van der Waals surface area contributed by atoms with Crippen molar-refractivity contribution in [2.45, 2.75) is 67.2 Å². The van der Waals surface area contributed by atoms with Crippen LogP contribution in [0.25, 0.3) is 0 Å². The van der Waals surface area contributed by atoms with Crippen LogP contribution in [0.5, 0.6) is 0 Å². The Morgan fingerprint density at radius 1 is 1.00 bits per heavy atom. The van der Waals surface area contributed by atoms with Gasteiger partial charge < -0.3 is 15.7 Å². The van der Waals surface area contributed by atoms with E-state index in [-0.39, 0.29) is 36.0 Å². The minimum Gasteiger partial charge on any atom is -0.396 e. The van der Waals surface area contributed by atoms with E-state index in [1.54, 1.807) is 0 Å². The number of guanidine groups is 1. The third-order valence-electron chi connectivity index (χ3n) is 4.23. The maximum Gasteiger partial charge on any atom is 0.191 e. The van der Waals surface area contributed by atoms with Crippen molar-refractivity contribution in [1.29, 1.82) is 0 Å². The van der Waals surface area contributed by atoms with Gasteiger partial charge in [-0.2, -0.15) is 0 Å². The summed E-state index contributed by atoms with van der Waals surface area (Å²) in [5, 5.41) is 16.0. The van der Waals surface area contributed by atoms with E-state index in [0.717, 1.165) is 51.3 Å². The molecule has 0 aromatic heterocycles. The molecule has 3 N–H and O–H groups in total. The number of rotatable bonds is 9. The fraction of sp³-hybridized carbons (Fsp3) is 0.941. The lowest BCUT2D eigenvalue weighted by molar-refractivity contribution is 0.175. The zero-order chi connectivity index (χ0) is 16.4. The van der Waals surface area contributed by atoms with Gasteiger partial charge in [0.25, 0.3) is 0 Å². The standard InChI is InChI=1S/C17H37N3O.HI/c1-7-17(8-2,11-13-21)14-20-15(18-9-3)19-12-10-16(4,5)6;/h21H,7-14H2,1-6H3,(H2,18,19,20);1H. The van der Waals surface area contributed by atoms with E-state index >= 15 is 0 Å². The van der Waals surface area contributed by atoms with Crippen molar-refractivity contribution >= 4 is 29.9 Å². The van der Waals surface area contributed by atoms with Crippen molar-refractivity contribution in [3.05, 3.63) is 0 Å². The van der Waals surface area contributed by atoms with Gasteiger partial charge in [-0.25, -0.2) is 0 Å². The molecule has 0 aliphatic carbocycles. The van der Waals surface area contributed by atoms with E-state index < -0.39 is 0 Å². The fourth-order valence-corrected chi connectivity index (χ4v) is 2.29. The molecule has 134 valence electrons. The molecule has 22 heavy (non-hydrogen) atoms. The molecule has 5 heteroatoms. The molecule has 0 saturated heterocycles. The summed E-state index contributed by atoms with van der Waals surface area (Å²) in [5.41, 5.74) is 0.457. The highest BCUT2D eigenvalue weighted by molar-refractivity contribution is 14.0. The Morgan fingerprint density at radius 3 is 2.00 bits per heavy atom. The van der Waals surface area contributed by atoms with Crippen LogP contribution in [0.15, 0.2) is 4.99 Å². The monoisotopic (exact) mass is 427 g/mol. The average Bonchev–Trinajstić information content (AvgIpc) is 2.42. The average molecular weight is 427 g/mol. The van der Waals surface area contributed by atoms with E-state index in [4.69, 9.17) is 4.99 Å². The number of aliphatic hydroxyl groups is 1. The molecule has 0 heterocycles. The van der Waals surface area contributed by atoms with Crippen molar-refractivity contribution in [2.75, 3.05) is 26.2 Å².